The van der Waals surface area contributed by atoms with Crippen LogP contribution in [0.1, 0.15) is 24.6 Å². The van der Waals surface area contributed by atoms with Crippen molar-refractivity contribution in [1.29, 1.82) is 0 Å². The second-order valence-corrected chi connectivity index (χ2v) is 3.94. The highest BCUT2D eigenvalue weighted by Gasteiger charge is 2.36. The summed E-state index contributed by atoms with van der Waals surface area (Å²) in [5.41, 5.74) is 7.20. The van der Waals surface area contributed by atoms with Crippen LogP contribution in [-0.2, 0) is 11.8 Å². The molecule has 2 atom stereocenters. The molecule has 0 amide bonds. The first-order valence-corrected chi connectivity index (χ1v) is 5.00. The van der Waals surface area contributed by atoms with E-state index >= 15 is 0 Å². The van der Waals surface area contributed by atoms with E-state index < -0.39 is 0 Å². The molecule has 4 nitrogen and oxygen atoms in total. The van der Waals surface area contributed by atoms with E-state index in [-0.39, 0.29) is 12.1 Å². The van der Waals surface area contributed by atoms with Gasteiger partial charge in [-0.1, -0.05) is 0 Å². The minimum Gasteiger partial charge on any atom is -0.379 e. The highest BCUT2D eigenvalue weighted by Crippen LogP contribution is 2.38. The number of nitrogens with two attached hydrogens (primary N) is 1. The van der Waals surface area contributed by atoms with Crippen LogP contribution in [0.5, 0.6) is 0 Å². The summed E-state index contributed by atoms with van der Waals surface area (Å²) in [6, 6.07) is 1.90. The van der Waals surface area contributed by atoms with E-state index in [1.807, 2.05) is 17.8 Å². The molecular weight excluding hydrogens is 178 g/mol. The Morgan fingerprint density at radius 1 is 1.64 bits per heavy atom. The van der Waals surface area contributed by atoms with Gasteiger partial charge in [0.15, 0.2) is 0 Å². The molecule has 0 saturated heterocycles. The summed E-state index contributed by atoms with van der Waals surface area (Å²) in [6.07, 6.45) is 4.40. The van der Waals surface area contributed by atoms with Crippen molar-refractivity contribution in [2.24, 2.45) is 18.7 Å². The molecule has 2 N–H and O–H groups in total. The first-order chi connectivity index (χ1) is 6.74. The van der Waals surface area contributed by atoms with Crippen LogP contribution < -0.4 is 5.73 Å². The van der Waals surface area contributed by atoms with E-state index in [1.54, 1.807) is 13.3 Å². The summed E-state index contributed by atoms with van der Waals surface area (Å²) < 4.78 is 7.27. The molecule has 4 heteroatoms. The summed E-state index contributed by atoms with van der Waals surface area (Å²) in [6.45, 7) is 0. The first-order valence-electron chi connectivity index (χ1n) is 5.00. The minimum absolute atomic E-state index is 0.0556. The standard InChI is InChI=1S/C10H17N3O/c1-13-8(5-6-12-13)9(11)10(14-2)7-3-4-7/h5-7,9-10H,3-4,11H2,1-2H3. The maximum atomic E-state index is 6.15. The molecule has 1 aromatic heterocycles. The van der Waals surface area contributed by atoms with Crippen molar-refractivity contribution in [2.45, 2.75) is 25.0 Å². The van der Waals surface area contributed by atoms with Crippen LogP contribution in [-0.4, -0.2) is 23.0 Å². The topological polar surface area (TPSA) is 53.1 Å². The van der Waals surface area contributed by atoms with Gasteiger partial charge >= 0.3 is 0 Å². The van der Waals surface area contributed by atoms with E-state index in [2.05, 4.69) is 5.10 Å². The molecule has 1 fully saturated rings. The first kappa shape index (κ1) is 9.68. The summed E-state index contributed by atoms with van der Waals surface area (Å²) in [7, 11) is 3.65. The van der Waals surface area contributed by atoms with Gasteiger partial charge < -0.3 is 10.5 Å². The van der Waals surface area contributed by atoms with Crippen LogP contribution in [0.4, 0.5) is 0 Å². The zero-order valence-corrected chi connectivity index (χ0v) is 8.68. The van der Waals surface area contributed by atoms with Crippen LogP contribution in [0.25, 0.3) is 0 Å². The SMILES string of the molecule is COC(C1CC1)C(N)c1ccnn1C. The number of nitrogens with zero attached hydrogens (tertiary/aromatic N) is 2. The lowest BCUT2D eigenvalue weighted by Crippen LogP contribution is -2.31. The van der Waals surface area contributed by atoms with Gasteiger partial charge in [0, 0.05) is 20.4 Å². The maximum absolute atomic E-state index is 6.15. The third-order valence-corrected chi connectivity index (χ3v) is 2.91. The van der Waals surface area contributed by atoms with Crippen LogP contribution in [0.2, 0.25) is 0 Å². The Bertz CT molecular complexity index is 306. The second kappa shape index (κ2) is 3.71. The third-order valence-electron chi connectivity index (χ3n) is 2.91. The van der Waals surface area contributed by atoms with E-state index in [4.69, 9.17) is 10.5 Å². The lowest BCUT2D eigenvalue weighted by molar-refractivity contribution is 0.0602. The summed E-state index contributed by atoms with van der Waals surface area (Å²) in [4.78, 5) is 0. The Morgan fingerprint density at radius 2 is 2.36 bits per heavy atom. The van der Waals surface area contributed by atoms with E-state index in [0.29, 0.717) is 5.92 Å². The smallest absolute Gasteiger partial charge is 0.0807 e. The largest absolute Gasteiger partial charge is 0.379 e. The van der Waals surface area contributed by atoms with Crippen molar-refractivity contribution >= 4 is 0 Å². The van der Waals surface area contributed by atoms with Crippen molar-refractivity contribution < 1.29 is 4.74 Å². The molecule has 1 saturated carbocycles. The Kier molecular flexibility index (Phi) is 2.56. The second-order valence-electron chi connectivity index (χ2n) is 3.94. The lowest BCUT2D eigenvalue weighted by atomic mass is 10.0. The molecule has 2 rings (SSSR count). The lowest BCUT2D eigenvalue weighted by Gasteiger charge is -2.22. The zero-order valence-electron chi connectivity index (χ0n) is 8.68. The van der Waals surface area contributed by atoms with Crippen molar-refractivity contribution in [3.05, 3.63) is 18.0 Å². The fourth-order valence-electron chi connectivity index (χ4n) is 1.94. The predicted molar refractivity (Wildman–Crippen MR) is 53.7 cm³/mol. The molecule has 2 unspecified atom stereocenters. The quantitative estimate of drug-likeness (QED) is 0.774. The van der Waals surface area contributed by atoms with Crippen molar-refractivity contribution in [3.8, 4) is 0 Å². The van der Waals surface area contributed by atoms with E-state index in [1.165, 1.54) is 12.8 Å². The Hall–Kier alpha value is -0.870. The van der Waals surface area contributed by atoms with Crippen LogP contribution in [0.3, 0.4) is 0 Å². The van der Waals surface area contributed by atoms with Crippen molar-refractivity contribution in [2.75, 3.05) is 7.11 Å². The molecule has 1 aliphatic rings. The molecule has 1 aliphatic carbocycles. The molecule has 1 aromatic rings. The maximum Gasteiger partial charge on any atom is 0.0807 e. The van der Waals surface area contributed by atoms with Gasteiger partial charge in [-0.15, -0.1) is 0 Å². The minimum atomic E-state index is -0.0556. The Labute approximate surface area is 84.0 Å². The average Bonchev–Trinajstić information content (AvgIpc) is 2.90. The van der Waals surface area contributed by atoms with E-state index in [9.17, 15) is 0 Å². The molecule has 0 spiro atoms. The number of methoxy groups -OCH3 is 1. The summed E-state index contributed by atoms with van der Waals surface area (Å²) >= 11 is 0. The number of ether oxygens (including phenoxy) is 1. The van der Waals surface area contributed by atoms with Crippen LogP contribution in [0, 0.1) is 5.92 Å². The van der Waals surface area contributed by atoms with Gasteiger partial charge in [0.25, 0.3) is 0 Å². The van der Waals surface area contributed by atoms with Gasteiger partial charge in [-0.25, -0.2) is 0 Å². The van der Waals surface area contributed by atoms with Gasteiger partial charge in [-0.3, -0.25) is 4.68 Å². The highest BCUT2D eigenvalue weighted by molar-refractivity contribution is 5.09. The van der Waals surface area contributed by atoms with Gasteiger partial charge in [0.2, 0.25) is 0 Å². The average molecular weight is 195 g/mol. The molecular formula is C10H17N3O. The number of rotatable bonds is 4. The molecule has 1 heterocycles. The summed E-state index contributed by atoms with van der Waals surface area (Å²) in [5.74, 6) is 0.643. The molecule has 0 radical (unpaired) electrons. The van der Waals surface area contributed by atoms with Gasteiger partial charge in [0.1, 0.15) is 0 Å². The Morgan fingerprint density at radius 3 is 2.79 bits per heavy atom. The zero-order chi connectivity index (χ0) is 10.1. The number of aromatic nitrogens is 2. The predicted octanol–water partition coefficient (Wildman–Crippen LogP) is 0.845. The molecule has 0 aliphatic heterocycles. The normalized spacial score (nSPS) is 20.8. The molecule has 0 aromatic carbocycles. The van der Waals surface area contributed by atoms with Gasteiger partial charge in [-0.2, -0.15) is 5.10 Å². The van der Waals surface area contributed by atoms with Crippen LogP contribution in [0.15, 0.2) is 12.3 Å². The molecule has 78 valence electrons. The molecule has 0 bridgehead atoms. The third kappa shape index (κ3) is 1.67. The number of hydrogen-bond acceptors (Lipinski definition) is 3. The highest BCUT2D eigenvalue weighted by atomic mass is 16.5. The van der Waals surface area contributed by atoms with Gasteiger partial charge in [-0.05, 0) is 24.8 Å². The monoisotopic (exact) mass is 195 g/mol. The van der Waals surface area contributed by atoms with Crippen LogP contribution >= 0.6 is 0 Å². The van der Waals surface area contributed by atoms with Crippen molar-refractivity contribution in [3.63, 3.8) is 0 Å². The van der Waals surface area contributed by atoms with E-state index in [0.717, 1.165) is 5.69 Å². The fourth-order valence-corrected chi connectivity index (χ4v) is 1.94. The Balaban J connectivity index is 2.13. The van der Waals surface area contributed by atoms with Gasteiger partial charge in [0.05, 0.1) is 17.8 Å². The number of aryl methyl sites for hydroxylation is 1. The summed E-state index contributed by atoms with van der Waals surface area (Å²) in [5, 5.41) is 4.12. The van der Waals surface area contributed by atoms with Crippen molar-refractivity contribution in [1.82, 2.24) is 9.78 Å². The molecule has 14 heavy (non-hydrogen) atoms. The fraction of sp³-hybridized carbons (Fsp3) is 0.700. The number of hydrogen-bond donors (Lipinski definition) is 1.